The minimum absolute atomic E-state index is 0.427. The molecular weight excluding hydrogens is 225 g/mol. The molecule has 1 nitrogen and oxygen atoms in total. The van der Waals surface area contributed by atoms with Crippen LogP contribution in [0.2, 0.25) is 5.02 Å². The quantitative estimate of drug-likeness (QED) is 0.742. The minimum atomic E-state index is 0.427. The molecule has 0 atom stereocenters. The number of thiophene rings is 1. The second kappa shape index (κ2) is 3.37. The Kier molecular flexibility index (Phi) is 2.37. The molecule has 0 aliphatic carbocycles. The van der Waals surface area contributed by atoms with E-state index in [0.29, 0.717) is 10.9 Å². The summed E-state index contributed by atoms with van der Waals surface area (Å²) in [5.74, 6) is 0.427. The van der Waals surface area contributed by atoms with Gasteiger partial charge in [0.15, 0.2) is 0 Å². The highest BCUT2D eigenvalue weighted by atomic mass is 35.5. The van der Waals surface area contributed by atoms with Gasteiger partial charge in [0.2, 0.25) is 0 Å². The van der Waals surface area contributed by atoms with Crippen molar-refractivity contribution in [3.05, 3.63) is 28.1 Å². The summed E-state index contributed by atoms with van der Waals surface area (Å²) in [5, 5.41) is 3.67. The molecule has 0 bridgehead atoms. The summed E-state index contributed by atoms with van der Waals surface area (Å²) >= 11 is 13.4. The van der Waals surface area contributed by atoms with Gasteiger partial charge in [0.1, 0.15) is 0 Å². The largest absolute Gasteiger partial charge is 0.398 e. The Balaban J connectivity index is 2.85. The lowest BCUT2D eigenvalue weighted by molar-refractivity contribution is 1.47. The monoisotopic (exact) mass is 231 g/mol. The van der Waals surface area contributed by atoms with Gasteiger partial charge in [-0.15, -0.1) is 22.9 Å². The SMILES string of the molecule is Nc1csc2c(CCl)c(Cl)ccc12. The first-order valence-electron chi connectivity index (χ1n) is 3.74. The summed E-state index contributed by atoms with van der Waals surface area (Å²) in [6.45, 7) is 0. The number of fused-ring (bicyclic) bond motifs is 1. The van der Waals surface area contributed by atoms with Crippen LogP contribution >= 0.6 is 34.5 Å². The van der Waals surface area contributed by atoms with E-state index in [2.05, 4.69) is 0 Å². The Bertz CT molecular complexity index is 450. The van der Waals surface area contributed by atoms with E-state index in [0.717, 1.165) is 21.3 Å². The molecule has 0 saturated heterocycles. The highest BCUT2D eigenvalue weighted by molar-refractivity contribution is 7.18. The normalized spacial score (nSPS) is 10.9. The predicted octanol–water partition coefficient (Wildman–Crippen LogP) is 3.88. The molecule has 2 N–H and O–H groups in total. The molecule has 1 aromatic carbocycles. The summed E-state index contributed by atoms with van der Waals surface area (Å²) in [4.78, 5) is 0. The third kappa shape index (κ3) is 1.39. The fraction of sp³-hybridized carbons (Fsp3) is 0.111. The van der Waals surface area contributed by atoms with Crippen LogP contribution in [0.1, 0.15) is 5.56 Å². The van der Waals surface area contributed by atoms with E-state index in [9.17, 15) is 0 Å². The zero-order valence-corrected chi connectivity index (χ0v) is 9.01. The van der Waals surface area contributed by atoms with Crippen molar-refractivity contribution in [2.75, 3.05) is 5.73 Å². The van der Waals surface area contributed by atoms with Crippen LogP contribution in [0.5, 0.6) is 0 Å². The van der Waals surface area contributed by atoms with Crippen LogP contribution in [-0.2, 0) is 5.88 Å². The van der Waals surface area contributed by atoms with Gasteiger partial charge in [0.05, 0.1) is 11.6 Å². The molecule has 0 amide bonds. The predicted molar refractivity (Wildman–Crippen MR) is 60.8 cm³/mol. The van der Waals surface area contributed by atoms with E-state index in [1.165, 1.54) is 0 Å². The summed E-state index contributed by atoms with van der Waals surface area (Å²) < 4.78 is 1.10. The summed E-state index contributed by atoms with van der Waals surface area (Å²) in [6, 6.07) is 3.77. The molecule has 0 radical (unpaired) electrons. The first-order chi connectivity index (χ1) is 6.24. The third-order valence-corrected chi connectivity index (χ3v) is 3.65. The van der Waals surface area contributed by atoms with E-state index < -0.39 is 0 Å². The highest BCUT2D eigenvalue weighted by Crippen LogP contribution is 2.35. The molecule has 68 valence electrons. The molecule has 2 rings (SSSR count). The van der Waals surface area contributed by atoms with E-state index in [4.69, 9.17) is 28.9 Å². The fourth-order valence-electron chi connectivity index (χ4n) is 1.28. The molecule has 0 unspecified atom stereocenters. The van der Waals surface area contributed by atoms with Crippen LogP contribution < -0.4 is 5.73 Å². The maximum absolute atomic E-state index is 5.99. The van der Waals surface area contributed by atoms with Gasteiger partial charge in [0, 0.05) is 26.1 Å². The van der Waals surface area contributed by atoms with Gasteiger partial charge in [0.25, 0.3) is 0 Å². The number of alkyl halides is 1. The molecule has 2 aromatic rings. The zero-order chi connectivity index (χ0) is 9.42. The van der Waals surface area contributed by atoms with Crippen molar-refractivity contribution in [1.29, 1.82) is 0 Å². The van der Waals surface area contributed by atoms with Crippen LogP contribution in [0.25, 0.3) is 10.1 Å². The second-order valence-corrected chi connectivity index (χ2v) is 4.28. The van der Waals surface area contributed by atoms with Crippen molar-refractivity contribution in [1.82, 2.24) is 0 Å². The van der Waals surface area contributed by atoms with Crippen molar-refractivity contribution in [2.45, 2.75) is 5.88 Å². The average molecular weight is 232 g/mol. The molecule has 1 aromatic heterocycles. The number of nitrogens with two attached hydrogens (primary N) is 1. The number of nitrogen functional groups attached to an aromatic ring is 1. The van der Waals surface area contributed by atoms with Crippen LogP contribution in [-0.4, -0.2) is 0 Å². The van der Waals surface area contributed by atoms with Gasteiger partial charge in [-0.25, -0.2) is 0 Å². The maximum Gasteiger partial charge on any atom is 0.0503 e. The van der Waals surface area contributed by atoms with Crippen LogP contribution in [0, 0.1) is 0 Å². The molecule has 0 aliphatic heterocycles. The lowest BCUT2D eigenvalue weighted by Gasteiger charge is -2.01. The molecule has 0 saturated carbocycles. The number of benzene rings is 1. The van der Waals surface area contributed by atoms with Gasteiger partial charge in [-0.2, -0.15) is 0 Å². The number of hydrogen-bond acceptors (Lipinski definition) is 2. The Labute approximate surface area is 90.1 Å². The van der Waals surface area contributed by atoms with E-state index in [1.54, 1.807) is 11.3 Å². The van der Waals surface area contributed by atoms with Crippen molar-refractivity contribution in [3.63, 3.8) is 0 Å². The third-order valence-electron chi connectivity index (χ3n) is 1.95. The lowest BCUT2D eigenvalue weighted by atomic mass is 10.2. The first kappa shape index (κ1) is 9.13. The highest BCUT2D eigenvalue weighted by Gasteiger charge is 2.08. The Morgan fingerprint density at radius 1 is 1.38 bits per heavy atom. The minimum Gasteiger partial charge on any atom is -0.398 e. The van der Waals surface area contributed by atoms with Crippen LogP contribution in [0.15, 0.2) is 17.5 Å². The summed E-state index contributed by atoms with van der Waals surface area (Å²) in [5.41, 5.74) is 7.54. The van der Waals surface area contributed by atoms with Crippen LogP contribution in [0.3, 0.4) is 0 Å². The molecule has 13 heavy (non-hydrogen) atoms. The number of anilines is 1. The van der Waals surface area contributed by atoms with Gasteiger partial charge in [-0.05, 0) is 12.1 Å². The van der Waals surface area contributed by atoms with E-state index in [-0.39, 0.29) is 0 Å². The maximum atomic E-state index is 5.99. The standard InChI is InChI=1S/C9H7Cl2NS/c10-3-6-7(11)2-1-5-8(12)4-13-9(5)6/h1-2,4H,3,12H2. The Hall–Kier alpha value is -0.440. The van der Waals surface area contributed by atoms with E-state index in [1.807, 2.05) is 17.5 Å². The van der Waals surface area contributed by atoms with Crippen molar-refractivity contribution >= 4 is 50.3 Å². The van der Waals surface area contributed by atoms with Crippen LogP contribution in [0.4, 0.5) is 5.69 Å². The van der Waals surface area contributed by atoms with Crippen molar-refractivity contribution in [2.24, 2.45) is 0 Å². The van der Waals surface area contributed by atoms with Gasteiger partial charge in [-0.3, -0.25) is 0 Å². The lowest BCUT2D eigenvalue weighted by Crippen LogP contribution is -1.83. The van der Waals surface area contributed by atoms with E-state index >= 15 is 0 Å². The van der Waals surface area contributed by atoms with Gasteiger partial charge < -0.3 is 5.73 Å². The second-order valence-electron chi connectivity index (χ2n) is 2.73. The zero-order valence-electron chi connectivity index (χ0n) is 6.68. The molecular formula is C9H7Cl2NS. The average Bonchev–Trinajstić information content (AvgIpc) is 2.48. The molecule has 0 aliphatic rings. The van der Waals surface area contributed by atoms with Gasteiger partial charge in [-0.1, -0.05) is 11.6 Å². The Morgan fingerprint density at radius 2 is 2.15 bits per heavy atom. The molecule has 0 spiro atoms. The fourth-order valence-corrected chi connectivity index (χ4v) is 2.99. The number of halogens is 2. The van der Waals surface area contributed by atoms with Crippen molar-refractivity contribution < 1.29 is 0 Å². The number of hydrogen-bond donors (Lipinski definition) is 1. The smallest absolute Gasteiger partial charge is 0.0503 e. The van der Waals surface area contributed by atoms with Gasteiger partial charge >= 0.3 is 0 Å². The molecule has 0 fully saturated rings. The Morgan fingerprint density at radius 3 is 2.85 bits per heavy atom. The topological polar surface area (TPSA) is 26.0 Å². The molecule has 4 heteroatoms. The number of rotatable bonds is 1. The molecule has 1 heterocycles. The first-order valence-corrected chi connectivity index (χ1v) is 5.53. The van der Waals surface area contributed by atoms with Crippen molar-refractivity contribution in [3.8, 4) is 0 Å². The summed E-state index contributed by atoms with van der Waals surface area (Å²) in [7, 11) is 0. The summed E-state index contributed by atoms with van der Waals surface area (Å²) in [6.07, 6.45) is 0.